The molecule has 0 saturated heterocycles. The topological polar surface area (TPSA) is 102 Å². The number of hydrogen-bond donors (Lipinski definition) is 1. The highest BCUT2D eigenvalue weighted by atomic mass is 32.2. The van der Waals surface area contributed by atoms with Gasteiger partial charge in [0.15, 0.2) is 0 Å². The highest BCUT2D eigenvalue weighted by Crippen LogP contribution is 2.26. The molecule has 1 aliphatic rings. The molecule has 0 radical (unpaired) electrons. The van der Waals surface area contributed by atoms with Gasteiger partial charge in [0.2, 0.25) is 10.0 Å². The van der Waals surface area contributed by atoms with E-state index in [0.717, 1.165) is 51.7 Å². The maximum Gasteiger partial charge on any atom is 0.269 e. The summed E-state index contributed by atoms with van der Waals surface area (Å²) in [4.78, 5) is 12.6. The molecule has 182 valence electrons. The number of sulfonamides is 1. The Hall–Kier alpha value is -1.55. The van der Waals surface area contributed by atoms with Crippen LogP contribution in [-0.4, -0.2) is 57.6 Å². The molecule has 1 saturated carbocycles. The summed E-state index contributed by atoms with van der Waals surface area (Å²) in [5, 5.41) is 10.7. The fourth-order valence-electron chi connectivity index (χ4n) is 4.04. The van der Waals surface area contributed by atoms with E-state index in [-0.39, 0.29) is 16.7 Å². The van der Waals surface area contributed by atoms with Gasteiger partial charge >= 0.3 is 0 Å². The van der Waals surface area contributed by atoms with Crippen molar-refractivity contribution >= 4 is 15.7 Å². The van der Waals surface area contributed by atoms with Gasteiger partial charge in [0.1, 0.15) is 0 Å². The SMILES string of the molecule is CCCCCN(C)CCCCOC1CCC(CNS(=O)(=O)c2ccc([N+](=O)[O-])cc2)CC1. The molecule has 0 spiro atoms. The highest BCUT2D eigenvalue weighted by Gasteiger charge is 2.24. The van der Waals surface area contributed by atoms with E-state index in [4.69, 9.17) is 4.74 Å². The van der Waals surface area contributed by atoms with Gasteiger partial charge in [0, 0.05) is 25.3 Å². The van der Waals surface area contributed by atoms with Crippen LogP contribution in [0, 0.1) is 16.0 Å². The molecule has 0 amide bonds. The van der Waals surface area contributed by atoms with E-state index in [2.05, 4.69) is 23.6 Å². The van der Waals surface area contributed by atoms with Gasteiger partial charge in [-0.25, -0.2) is 13.1 Å². The van der Waals surface area contributed by atoms with E-state index in [1.807, 2.05) is 0 Å². The Kier molecular flexibility index (Phi) is 11.6. The Morgan fingerprint density at radius 2 is 1.69 bits per heavy atom. The van der Waals surface area contributed by atoms with Crippen LogP contribution in [0.25, 0.3) is 0 Å². The number of nitro groups is 1. The van der Waals surface area contributed by atoms with Crippen molar-refractivity contribution in [3.8, 4) is 0 Å². The lowest BCUT2D eigenvalue weighted by Gasteiger charge is -2.28. The maximum atomic E-state index is 12.4. The molecule has 1 N–H and O–H groups in total. The zero-order valence-electron chi connectivity index (χ0n) is 19.5. The average molecular weight is 470 g/mol. The first-order valence-corrected chi connectivity index (χ1v) is 13.3. The van der Waals surface area contributed by atoms with Crippen molar-refractivity contribution in [3.05, 3.63) is 34.4 Å². The van der Waals surface area contributed by atoms with Crippen molar-refractivity contribution in [1.82, 2.24) is 9.62 Å². The molecule has 0 bridgehead atoms. The van der Waals surface area contributed by atoms with E-state index >= 15 is 0 Å². The summed E-state index contributed by atoms with van der Waals surface area (Å²) in [7, 11) is -1.47. The number of unbranched alkanes of at least 4 members (excludes halogenated alkanes) is 3. The molecule has 32 heavy (non-hydrogen) atoms. The van der Waals surface area contributed by atoms with Crippen LogP contribution in [0.1, 0.15) is 64.7 Å². The third-order valence-corrected chi connectivity index (χ3v) is 7.58. The number of hydrogen-bond acceptors (Lipinski definition) is 6. The van der Waals surface area contributed by atoms with Gasteiger partial charge in [0.05, 0.1) is 15.9 Å². The normalized spacial score (nSPS) is 19.3. The second-order valence-corrected chi connectivity index (χ2v) is 10.6. The molecule has 2 rings (SSSR count). The second kappa shape index (κ2) is 13.9. The zero-order chi connectivity index (χ0) is 23.4. The van der Waals surface area contributed by atoms with Crippen LogP contribution in [0.15, 0.2) is 29.2 Å². The van der Waals surface area contributed by atoms with E-state index in [1.54, 1.807) is 0 Å². The number of non-ortho nitro benzene ring substituents is 1. The Balaban J connectivity index is 1.59. The van der Waals surface area contributed by atoms with E-state index < -0.39 is 14.9 Å². The van der Waals surface area contributed by atoms with E-state index in [9.17, 15) is 18.5 Å². The van der Waals surface area contributed by atoms with Gasteiger partial charge in [-0.2, -0.15) is 0 Å². The van der Waals surface area contributed by atoms with Crippen molar-refractivity contribution < 1.29 is 18.1 Å². The van der Waals surface area contributed by atoms with Crippen LogP contribution in [0.3, 0.4) is 0 Å². The first-order valence-electron chi connectivity index (χ1n) is 11.9. The predicted octanol–water partition coefficient (Wildman–Crippen LogP) is 4.35. The lowest BCUT2D eigenvalue weighted by Crippen LogP contribution is -2.32. The van der Waals surface area contributed by atoms with Crippen molar-refractivity contribution in [2.75, 3.05) is 33.3 Å². The largest absolute Gasteiger partial charge is 0.378 e. The summed E-state index contributed by atoms with van der Waals surface area (Å²) in [6.45, 7) is 5.70. The Labute approximate surface area is 192 Å². The number of rotatable bonds is 15. The summed E-state index contributed by atoms with van der Waals surface area (Å²) in [5.74, 6) is 0.291. The van der Waals surface area contributed by atoms with Crippen LogP contribution in [0.5, 0.6) is 0 Å². The zero-order valence-corrected chi connectivity index (χ0v) is 20.3. The van der Waals surface area contributed by atoms with Gasteiger partial charge in [0.25, 0.3) is 5.69 Å². The van der Waals surface area contributed by atoms with E-state index in [1.165, 1.54) is 50.1 Å². The number of nitrogens with zero attached hydrogens (tertiary/aromatic N) is 2. The minimum Gasteiger partial charge on any atom is -0.378 e. The molecule has 8 nitrogen and oxygen atoms in total. The molecule has 1 aromatic rings. The fourth-order valence-corrected chi connectivity index (χ4v) is 5.15. The van der Waals surface area contributed by atoms with Gasteiger partial charge < -0.3 is 9.64 Å². The van der Waals surface area contributed by atoms with Crippen LogP contribution < -0.4 is 4.72 Å². The number of nitro benzene ring substituents is 1. The van der Waals surface area contributed by atoms with Gasteiger partial charge in [-0.3, -0.25) is 10.1 Å². The number of nitrogens with one attached hydrogen (secondary N) is 1. The van der Waals surface area contributed by atoms with Crippen LogP contribution in [0.2, 0.25) is 0 Å². The smallest absolute Gasteiger partial charge is 0.269 e. The Morgan fingerprint density at radius 3 is 2.28 bits per heavy atom. The Bertz CT molecular complexity index is 777. The van der Waals surface area contributed by atoms with Crippen LogP contribution in [0.4, 0.5) is 5.69 Å². The summed E-state index contributed by atoms with van der Waals surface area (Å²) in [6.07, 6.45) is 10.1. The van der Waals surface area contributed by atoms with E-state index in [0.29, 0.717) is 12.5 Å². The molecule has 0 atom stereocenters. The molecular weight excluding hydrogens is 430 g/mol. The standard InChI is InChI=1S/C23H39N3O5S/c1-3-4-5-16-25(2)17-6-7-18-31-22-12-8-20(9-13-22)19-24-32(29,30)23-14-10-21(11-15-23)26(27)28/h10-11,14-15,20,22,24H,3-9,12-13,16-19H2,1-2H3. The minimum absolute atomic E-state index is 0.0520. The second-order valence-electron chi connectivity index (χ2n) is 8.83. The molecule has 0 unspecified atom stereocenters. The molecule has 1 aromatic carbocycles. The van der Waals surface area contributed by atoms with Crippen molar-refractivity contribution in [3.63, 3.8) is 0 Å². The molecule has 0 aliphatic heterocycles. The van der Waals surface area contributed by atoms with Gasteiger partial charge in [-0.15, -0.1) is 0 Å². The summed E-state index contributed by atoms with van der Waals surface area (Å²) in [6, 6.07) is 4.96. The molecule has 0 heterocycles. The summed E-state index contributed by atoms with van der Waals surface area (Å²) >= 11 is 0. The van der Waals surface area contributed by atoms with Crippen molar-refractivity contribution in [1.29, 1.82) is 0 Å². The third-order valence-electron chi connectivity index (χ3n) is 6.14. The van der Waals surface area contributed by atoms with Crippen LogP contribution in [-0.2, 0) is 14.8 Å². The maximum absolute atomic E-state index is 12.4. The molecule has 0 aromatic heterocycles. The number of benzene rings is 1. The van der Waals surface area contributed by atoms with Crippen molar-refractivity contribution in [2.45, 2.75) is 75.7 Å². The average Bonchev–Trinajstić information content (AvgIpc) is 2.78. The minimum atomic E-state index is -3.66. The molecule has 9 heteroatoms. The highest BCUT2D eigenvalue weighted by molar-refractivity contribution is 7.89. The van der Waals surface area contributed by atoms with Crippen molar-refractivity contribution in [2.24, 2.45) is 5.92 Å². The lowest BCUT2D eigenvalue weighted by atomic mass is 9.87. The Morgan fingerprint density at radius 1 is 1.06 bits per heavy atom. The first kappa shape index (κ1) is 26.7. The van der Waals surface area contributed by atoms with Gasteiger partial charge in [-0.1, -0.05) is 19.8 Å². The van der Waals surface area contributed by atoms with Crippen LogP contribution >= 0.6 is 0 Å². The molecule has 1 aliphatic carbocycles. The molecular formula is C23H39N3O5S. The third kappa shape index (κ3) is 9.52. The summed E-state index contributed by atoms with van der Waals surface area (Å²) < 4.78 is 33.6. The fraction of sp³-hybridized carbons (Fsp3) is 0.739. The van der Waals surface area contributed by atoms with Gasteiger partial charge in [-0.05, 0) is 83.1 Å². The lowest BCUT2D eigenvalue weighted by molar-refractivity contribution is -0.384. The monoisotopic (exact) mass is 469 g/mol. The quantitative estimate of drug-likeness (QED) is 0.233. The predicted molar refractivity (Wildman–Crippen MR) is 126 cm³/mol. The summed E-state index contributed by atoms with van der Waals surface area (Å²) in [5.41, 5.74) is -0.124. The molecule has 1 fully saturated rings. The first-order chi connectivity index (χ1) is 15.3. The number of ether oxygens (including phenoxy) is 1.